The lowest BCUT2D eigenvalue weighted by molar-refractivity contribution is -0.164. The average Bonchev–Trinajstić information content (AvgIpc) is 2.55. The summed E-state index contributed by atoms with van der Waals surface area (Å²) in [5.41, 5.74) is -0.892. The Morgan fingerprint density at radius 2 is 1.92 bits per heavy atom. The van der Waals surface area contributed by atoms with E-state index in [0.717, 1.165) is 32.1 Å². The molecule has 1 aliphatic rings. The van der Waals surface area contributed by atoms with Gasteiger partial charge in [0.1, 0.15) is 0 Å². The summed E-state index contributed by atoms with van der Waals surface area (Å²) in [4.78, 5) is 32.4. The van der Waals surface area contributed by atoms with Gasteiger partial charge in [0.2, 0.25) is 11.9 Å². The van der Waals surface area contributed by atoms with E-state index in [1.54, 1.807) is 0 Å². The maximum Gasteiger partial charge on any atom is 0.512 e. The summed E-state index contributed by atoms with van der Waals surface area (Å²) < 4.78 is 35.8. The van der Waals surface area contributed by atoms with E-state index in [1.165, 1.54) is 6.92 Å². The van der Waals surface area contributed by atoms with Crippen LogP contribution in [0.1, 0.15) is 65.2 Å². The van der Waals surface area contributed by atoms with Crippen molar-refractivity contribution in [3.05, 3.63) is 0 Å². The highest BCUT2D eigenvalue weighted by Crippen LogP contribution is 2.41. The standard InChI is InChI=1S/C17H29FNO6P/c1-3-7-15(20)24-12(2)25-17(21)19-11-10-14(18)16(26(22)23)13-8-5-4-6-9-13/h12-14,16H,3-11H2,1-2H3,(H-,19,21,22,23)/p+1/t12-,14-,16-/m1/s1. The number of nitrogens with one attached hydrogen (secondary N) is 1. The molecule has 0 aromatic rings. The van der Waals surface area contributed by atoms with E-state index < -0.39 is 38.2 Å². The van der Waals surface area contributed by atoms with E-state index in [-0.39, 0.29) is 25.3 Å². The highest BCUT2D eigenvalue weighted by Gasteiger charge is 2.44. The summed E-state index contributed by atoms with van der Waals surface area (Å²) in [6.07, 6.45) is 2.00. The maximum atomic E-state index is 14.5. The Balaban J connectivity index is 2.34. The number of alkyl halides is 1. The zero-order chi connectivity index (χ0) is 19.5. The van der Waals surface area contributed by atoms with Crippen LogP contribution in [0.3, 0.4) is 0 Å². The molecule has 7 nitrogen and oxygen atoms in total. The monoisotopic (exact) mass is 394 g/mol. The van der Waals surface area contributed by atoms with Crippen molar-refractivity contribution in [2.75, 3.05) is 6.54 Å². The van der Waals surface area contributed by atoms with Crippen molar-refractivity contribution in [3.63, 3.8) is 0 Å². The molecule has 0 radical (unpaired) electrons. The number of carbonyl (C=O) groups is 2. The van der Waals surface area contributed by atoms with Gasteiger partial charge >= 0.3 is 20.1 Å². The summed E-state index contributed by atoms with van der Waals surface area (Å²) in [7, 11) is -2.61. The minimum atomic E-state index is -2.61. The van der Waals surface area contributed by atoms with Crippen molar-refractivity contribution in [1.82, 2.24) is 5.32 Å². The van der Waals surface area contributed by atoms with Crippen LogP contribution in [-0.4, -0.2) is 41.6 Å². The molecule has 0 heterocycles. The van der Waals surface area contributed by atoms with Crippen LogP contribution in [0.5, 0.6) is 0 Å². The summed E-state index contributed by atoms with van der Waals surface area (Å²) in [6, 6.07) is 0. The molecule has 0 aromatic carbocycles. The Morgan fingerprint density at radius 1 is 1.27 bits per heavy atom. The minimum Gasteiger partial charge on any atom is -0.425 e. The zero-order valence-electron chi connectivity index (χ0n) is 15.5. The molecule has 1 fully saturated rings. The van der Waals surface area contributed by atoms with Gasteiger partial charge in [-0.25, -0.2) is 9.18 Å². The SMILES string of the molecule is CCCC(=O)O[C@@H](C)OC(=O)NCC[C@@H](F)[C@@H](C1CCCCC1)[P+](=O)O. The van der Waals surface area contributed by atoms with Crippen LogP contribution in [0.4, 0.5) is 9.18 Å². The van der Waals surface area contributed by atoms with Gasteiger partial charge in [0.15, 0.2) is 6.17 Å². The number of ether oxygens (including phenoxy) is 2. The lowest BCUT2D eigenvalue weighted by atomic mass is 9.85. The van der Waals surface area contributed by atoms with Crippen LogP contribution in [0.2, 0.25) is 0 Å². The highest BCUT2D eigenvalue weighted by molar-refractivity contribution is 7.39. The Kier molecular flexibility index (Phi) is 10.7. The number of alkyl carbamates (subject to hydrolysis) is 1. The van der Waals surface area contributed by atoms with Gasteiger partial charge in [-0.15, -0.1) is 0 Å². The third kappa shape index (κ3) is 8.41. The molecule has 1 rings (SSSR count). The molecule has 0 saturated heterocycles. The average molecular weight is 394 g/mol. The summed E-state index contributed by atoms with van der Waals surface area (Å²) >= 11 is 0. The molecule has 1 saturated carbocycles. The topological polar surface area (TPSA) is 102 Å². The lowest BCUT2D eigenvalue weighted by Gasteiger charge is -2.24. The largest absolute Gasteiger partial charge is 0.512 e. The highest BCUT2D eigenvalue weighted by atomic mass is 31.1. The predicted octanol–water partition coefficient (Wildman–Crippen LogP) is 3.81. The molecule has 0 spiro atoms. The summed E-state index contributed by atoms with van der Waals surface area (Å²) in [6.45, 7) is 3.22. The Morgan fingerprint density at radius 3 is 2.50 bits per heavy atom. The van der Waals surface area contributed by atoms with Crippen LogP contribution >= 0.6 is 8.03 Å². The van der Waals surface area contributed by atoms with Crippen molar-refractivity contribution >= 4 is 20.1 Å². The van der Waals surface area contributed by atoms with Crippen molar-refractivity contribution in [2.24, 2.45) is 5.92 Å². The second-order valence-electron chi connectivity index (χ2n) is 6.64. The smallest absolute Gasteiger partial charge is 0.425 e. The quantitative estimate of drug-likeness (QED) is 0.332. The van der Waals surface area contributed by atoms with Crippen molar-refractivity contribution in [3.8, 4) is 0 Å². The molecule has 2 N–H and O–H groups in total. The van der Waals surface area contributed by atoms with E-state index in [0.29, 0.717) is 6.42 Å². The second kappa shape index (κ2) is 12.2. The Hall–Kier alpha value is -1.27. The van der Waals surface area contributed by atoms with Crippen LogP contribution in [0.15, 0.2) is 0 Å². The van der Waals surface area contributed by atoms with E-state index in [4.69, 9.17) is 9.47 Å². The molecule has 150 valence electrons. The number of halogens is 1. The Labute approximate surface area is 154 Å². The van der Waals surface area contributed by atoms with Crippen molar-refractivity contribution < 1.29 is 32.9 Å². The normalized spacial score (nSPS) is 19.2. The molecule has 0 aromatic heterocycles. The van der Waals surface area contributed by atoms with Gasteiger partial charge in [-0.1, -0.05) is 26.2 Å². The second-order valence-corrected chi connectivity index (χ2v) is 7.84. The number of hydrogen-bond acceptors (Lipinski definition) is 5. The van der Waals surface area contributed by atoms with Gasteiger partial charge in [0, 0.05) is 32.2 Å². The fourth-order valence-corrected chi connectivity index (χ4v) is 4.32. The fraction of sp³-hybridized carbons (Fsp3) is 0.882. The summed E-state index contributed by atoms with van der Waals surface area (Å²) in [5.74, 6) is -0.545. The van der Waals surface area contributed by atoms with E-state index >= 15 is 0 Å². The molecule has 1 amide bonds. The predicted molar refractivity (Wildman–Crippen MR) is 94.6 cm³/mol. The minimum absolute atomic E-state index is 0.0258. The summed E-state index contributed by atoms with van der Waals surface area (Å²) in [5, 5.41) is 2.38. The zero-order valence-corrected chi connectivity index (χ0v) is 16.4. The number of hydrogen-bond donors (Lipinski definition) is 2. The van der Waals surface area contributed by atoms with Crippen LogP contribution in [0.25, 0.3) is 0 Å². The first-order valence-electron chi connectivity index (χ1n) is 9.28. The first kappa shape index (κ1) is 22.8. The van der Waals surface area contributed by atoms with E-state index in [2.05, 4.69) is 5.32 Å². The number of esters is 1. The first-order valence-corrected chi connectivity index (χ1v) is 10.6. The van der Waals surface area contributed by atoms with E-state index in [9.17, 15) is 23.4 Å². The molecule has 0 aliphatic heterocycles. The number of rotatable bonds is 10. The van der Waals surface area contributed by atoms with Crippen molar-refractivity contribution in [1.29, 1.82) is 0 Å². The number of amides is 1. The van der Waals surface area contributed by atoms with Gasteiger partial charge in [0.25, 0.3) is 0 Å². The van der Waals surface area contributed by atoms with Gasteiger partial charge in [0.05, 0.1) is 0 Å². The van der Waals surface area contributed by atoms with Gasteiger partial charge < -0.3 is 14.8 Å². The van der Waals surface area contributed by atoms with Gasteiger partial charge in [-0.3, -0.25) is 4.79 Å². The van der Waals surface area contributed by atoms with Gasteiger partial charge in [-0.2, -0.15) is 4.89 Å². The molecular weight excluding hydrogens is 364 g/mol. The molecular formula is C17H30FNO6P+. The van der Waals surface area contributed by atoms with Gasteiger partial charge in [-0.05, 0) is 23.8 Å². The Bertz CT molecular complexity index is 472. The van der Waals surface area contributed by atoms with E-state index in [1.807, 2.05) is 6.92 Å². The molecule has 4 atom stereocenters. The molecule has 0 bridgehead atoms. The maximum absolute atomic E-state index is 14.5. The van der Waals surface area contributed by atoms with Crippen LogP contribution in [0, 0.1) is 5.92 Å². The van der Waals surface area contributed by atoms with Crippen LogP contribution < -0.4 is 5.32 Å². The molecule has 26 heavy (non-hydrogen) atoms. The number of carbonyl (C=O) groups excluding carboxylic acids is 2. The molecule has 1 unspecified atom stereocenters. The first-order chi connectivity index (χ1) is 12.3. The van der Waals surface area contributed by atoms with Crippen molar-refractivity contribution in [2.45, 2.75) is 83.3 Å². The fourth-order valence-electron chi connectivity index (χ4n) is 3.24. The molecule has 9 heteroatoms. The molecule has 1 aliphatic carbocycles. The lowest BCUT2D eigenvalue weighted by Crippen LogP contribution is -2.35. The van der Waals surface area contributed by atoms with Crippen LogP contribution in [-0.2, 0) is 18.8 Å². The third-order valence-corrected chi connectivity index (χ3v) is 5.73. The third-order valence-electron chi connectivity index (χ3n) is 4.47.